The van der Waals surface area contributed by atoms with Crippen molar-refractivity contribution in [2.24, 2.45) is 0 Å². The summed E-state index contributed by atoms with van der Waals surface area (Å²) < 4.78 is 10.5. The van der Waals surface area contributed by atoms with Crippen LogP contribution in [0.3, 0.4) is 0 Å². The lowest BCUT2D eigenvalue weighted by molar-refractivity contribution is 0.0796. The average Bonchev–Trinajstić information content (AvgIpc) is 2.65. The fraction of sp³-hybridized carbons (Fsp3) is 0.263. The zero-order valence-corrected chi connectivity index (χ0v) is 14.1. The number of hydrogen-bond donors (Lipinski definition) is 0. The molecule has 2 rings (SSSR count). The lowest BCUT2D eigenvalue weighted by atomic mass is 10.1. The molecular weight excluding hydrogens is 304 g/mol. The second-order valence-corrected chi connectivity index (χ2v) is 5.36. The SMILES string of the molecule is COc1ccc(CCN(C)C(=O)c2ccc(C#N)cc2)cc1OC. The highest BCUT2D eigenvalue weighted by Crippen LogP contribution is 2.27. The summed E-state index contributed by atoms with van der Waals surface area (Å²) in [5.74, 6) is 1.29. The maximum absolute atomic E-state index is 12.4. The second kappa shape index (κ2) is 8.02. The van der Waals surface area contributed by atoms with Gasteiger partial charge in [-0.15, -0.1) is 0 Å². The first-order valence-corrected chi connectivity index (χ1v) is 7.55. The molecule has 0 spiro atoms. The Labute approximate surface area is 142 Å². The van der Waals surface area contributed by atoms with Gasteiger partial charge in [0.1, 0.15) is 0 Å². The van der Waals surface area contributed by atoms with Crippen molar-refractivity contribution < 1.29 is 14.3 Å². The smallest absolute Gasteiger partial charge is 0.253 e. The zero-order chi connectivity index (χ0) is 17.5. The van der Waals surface area contributed by atoms with Gasteiger partial charge in [0, 0.05) is 19.2 Å². The molecule has 0 atom stereocenters. The lowest BCUT2D eigenvalue weighted by Gasteiger charge is -2.18. The van der Waals surface area contributed by atoms with E-state index in [-0.39, 0.29) is 5.91 Å². The van der Waals surface area contributed by atoms with Crippen LogP contribution in [0.5, 0.6) is 11.5 Å². The van der Waals surface area contributed by atoms with E-state index in [0.29, 0.717) is 35.6 Å². The van der Waals surface area contributed by atoms with Crippen molar-refractivity contribution in [3.63, 3.8) is 0 Å². The van der Waals surface area contributed by atoms with Gasteiger partial charge >= 0.3 is 0 Å². The standard InChI is InChI=1S/C19H20N2O3/c1-21(19(22)16-7-4-15(13-20)5-8-16)11-10-14-6-9-17(23-2)18(12-14)24-3/h4-9,12H,10-11H2,1-3H3. The number of benzene rings is 2. The molecule has 2 aromatic rings. The van der Waals surface area contributed by atoms with Crippen LogP contribution in [0.1, 0.15) is 21.5 Å². The van der Waals surface area contributed by atoms with Crippen LogP contribution in [-0.2, 0) is 6.42 Å². The van der Waals surface area contributed by atoms with Crippen molar-refractivity contribution in [1.82, 2.24) is 4.90 Å². The molecule has 5 nitrogen and oxygen atoms in total. The number of carbonyl (C=O) groups excluding carboxylic acids is 1. The van der Waals surface area contributed by atoms with Gasteiger partial charge in [-0.1, -0.05) is 6.07 Å². The minimum Gasteiger partial charge on any atom is -0.493 e. The Morgan fingerprint density at radius 1 is 1.08 bits per heavy atom. The summed E-state index contributed by atoms with van der Waals surface area (Å²) in [6, 6.07) is 14.4. The molecule has 0 aliphatic rings. The highest BCUT2D eigenvalue weighted by atomic mass is 16.5. The lowest BCUT2D eigenvalue weighted by Crippen LogP contribution is -2.28. The van der Waals surface area contributed by atoms with Crippen molar-refractivity contribution in [2.45, 2.75) is 6.42 Å². The monoisotopic (exact) mass is 324 g/mol. The molecule has 0 radical (unpaired) electrons. The first-order chi connectivity index (χ1) is 11.6. The highest BCUT2D eigenvalue weighted by Gasteiger charge is 2.12. The Balaban J connectivity index is 2.00. The normalized spacial score (nSPS) is 9.92. The van der Waals surface area contributed by atoms with E-state index in [4.69, 9.17) is 14.7 Å². The highest BCUT2D eigenvalue weighted by molar-refractivity contribution is 5.94. The van der Waals surface area contributed by atoms with E-state index in [1.54, 1.807) is 50.4 Å². The van der Waals surface area contributed by atoms with E-state index < -0.39 is 0 Å². The van der Waals surface area contributed by atoms with Crippen LogP contribution in [-0.4, -0.2) is 38.6 Å². The van der Waals surface area contributed by atoms with E-state index in [2.05, 4.69) is 0 Å². The van der Waals surface area contributed by atoms with Gasteiger partial charge in [0.05, 0.1) is 25.9 Å². The Kier molecular flexibility index (Phi) is 5.80. The van der Waals surface area contributed by atoms with E-state index in [0.717, 1.165) is 5.56 Å². The molecule has 0 aliphatic heterocycles. The molecule has 5 heteroatoms. The summed E-state index contributed by atoms with van der Waals surface area (Å²) >= 11 is 0. The molecule has 0 fully saturated rings. The minimum absolute atomic E-state index is 0.0695. The van der Waals surface area contributed by atoms with E-state index >= 15 is 0 Å². The molecule has 0 saturated carbocycles. The molecule has 124 valence electrons. The average molecular weight is 324 g/mol. The summed E-state index contributed by atoms with van der Waals surface area (Å²) in [5.41, 5.74) is 2.18. The van der Waals surface area contributed by atoms with Gasteiger partial charge in [-0.2, -0.15) is 5.26 Å². The molecule has 0 N–H and O–H groups in total. The summed E-state index contributed by atoms with van der Waals surface area (Å²) in [4.78, 5) is 14.1. The summed E-state index contributed by atoms with van der Waals surface area (Å²) in [6.45, 7) is 0.578. The molecule has 0 heterocycles. The number of amides is 1. The van der Waals surface area contributed by atoms with Crippen molar-refractivity contribution >= 4 is 5.91 Å². The van der Waals surface area contributed by atoms with Crippen molar-refractivity contribution in [2.75, 3.05) is 27.8 Å². The fourth-order valence-corrected chi connectivity index (χ4v) is 2.34. The third-order valence-corrected chi connectivity index (χ3v) is 3.79. The molecule has 1 amide bonds. The number of nitriles is 1. The fourth-order valence-electron chi connectivity index (χ4n) is 2.34. The maximum atomic E-state index is 12.4. The van der Waals surface area contributed by atoms with Crippen molar-refractivity contribution in [3.05, 3.63) is 59.2 Å². The van der Waals surface area contributed by atoms with Crippen LogP contribution in [0.2, 0.25) is 0 Å². The molecular formula is C19H20N2O3. The molecule has 0 unspecified atom stereocenters. The molecule has 0 aromatic heterocycles. The predicted octanol–water partition coefficient (Wildman–Crippen LogP) is 2.89. The number of ether oxygens (including phenoxy) is 2. The van der Waals surface area contributed by atoms with Crippen LogP contribution < -0.4 is 9.47 Å². The van der Waals surface area contributed by atoms with Gasteiger partial charge in [-0.3, -0.25) is 4.79 Å². The largest absolute Gasteiger partial charge is 0.493 e. The van der Waals surface area contributed by atoms with Crippen LogP contribution in [0.4, 0.5) is 0 Å². The van der Waals surface area contributed by atoms with Crippen LogP contribution in [0, 0.1) is 11.3 Å². The Morgan fingerprint density at radius 3 is 2.33 bits per heavy atom. The van der Waals surface area contributed by atoms with E-state index in [1.807, 2.05) is 24.3 Å². The van der Waals surface area contributed by atoms with Crippen molar-refractivity contribution in [3.8, 4) is 17.6 Å². The molecule has 0 bridgehead atoms. The Morgan fingerprint density at radius 2 is 1.75 bits per heavy atom. The molecule has 2 aromatic carbocycles. The van der Waals surface area contributed by atoms with Gasteiger partial charge in [0.15, 0.2) is 11.5 Å². The second-order valence-electron chi connectivity index (χ2n) is 5.36. The minimum atomic E-state index is -0.0695. The van der Waals surface area contributed by atoms with Crippen LogP contribution in [0.15, 0.2) is 42.5 Å². The van der Waals surface area contributed by atoms with E-state index in [1.165, 1.54) is 0 Å². The predicted molar refractivity (Wildman–Crippen MR) is 91.4 cm³/mol. The van der Waals surface area contributed by atoms with Crippen LogP contribution in [0.25, 0.3) is 0 Å². The maximum Gasteiger partial charge on any atom is 0.253 e. The first kappa shape index (κ1) is 17.4. The van der Waals surface area contributed by atoms with Crippen molar-refractivity contribution in [1.29, 1.82) is 5.26 Å². The number of carbonyl (C=O) groups is 1. The number of rotatable bonds is 6. The Hall–Kier alpha value is -3.00. The third kappa shape index (κ3) is 4.05. The van der Waals surface area contributed by atoms with Crippen LogP contribution >= 0.6 is 0 Å². The van der Waals surface area contributed by atoms with E-state index in [9.17, 15) is 4.79 Å². The van der Waals surface area contributed by atoms with Gasteiger partial charge in [0.2, 0.25) is 0 Å². The summed E-state index contributed by atoms with van der Waals surface area (Å²) in [7, 11) is 4.96. The van der Waals surface area contributed by atoms with Gasteiger partial charge in [-0.05, 0) is 48.4 Å². The van der Waals surface area contributed by atoms with Gasteiger partial charge < -0.3 is 14.4 Å². The number of methoxy groups -OCH3 is 2. The summed E-state index contributed by atoms with van der Waals surface area (Å²) in [6.07, 6.45) is 0.707. The summed E-state index contributed by atoms with van der Waals surface area (Å²) in [5, 5.41) is 8.80. The molecule has 24 heavy (non-hydrogen) atoms. The molecule has 0 saturated heterocycles. The third-order valence-electron chi connectivity index (χ3n) is 3.79. The van der Waals surface area contributed by atoms with Gasteiger partial charge in [-0.25, -0.2) is 0 Å². The van der Waals surface area contributed by atoms with Gasteiger partial charge in [0.25, 0.3) is 5.91 Å². The molecule has 0 aliphatic carbocycles. The zero-order valence-electron chi connectivity index (χ0n) is 14.1. The number of nitrogens with zero attached hydrogens (tertiary/aromatic N) is 2. The Bertz CT molecular complexity index is 748. The quantitative estimate of drug-likeness (QED) is 0.819. The number of hydrogen-bond acceptors (Lipinski definition) is 4. The first-order valence-electron chi connectivity index (χ1n) is 7.55. The number of likely N-dealkylation sites (N-methyl/N-ethyl adjacent to an activating group) is 1. The topological polar surface area (TPSA) is 62.6 Å².